The Kier molecular flexibility index (Phi) is 11.2. The minimum absolute atomic E-state index is 0.102. The number of carboxylic acids is 1. The van der Waals surface area contributed by atoms with Crippen LogP contribution in [0.5, 0.6) is 0 Å². The van der Waals surface area contributed by atoms with E-state index in [0.717, 1.165) is 22.0 Å². The second-order valence-corrected chi connectivity index (χ2v) is 9.84. The molecule has 0 fully saturated rings. The molecule has 4 atom stereocenters. The van der Waals surface area contributed by atoms with Crippen molar-refractivity contribution in [3.05, 3.63) is 71.9 Å². The first-order valence-corrected chi connectivity index (χ1v) is 13.4. The zero-order chi connectivity index (χ0) is 29.1. The number of para-hydroxylation sites is 1. The number of fused-ring (bicyclic) bond motifs is 1. The van der Waals surface area contributed by atoms with Gasteiger partial charge < -0.3 is 37.5 Å². The van der Waals surface area contributed by atoms with Gasteiger partial charge in [-0.3, -0.25) is 19.2 Å². The zero-order valence-electron chi connectivity index (χ0n) is 22.6. The Morgan fingerprint density at radius 2 is 1.50 bits per heavy atom. The summed E-state index contributed by atoms with van der Waals surface area (Å²) in [5.41, 5.74) is 14.3. The van der Waals surface area contributed by atoms with Crippen LogP contribution in [-0.2, 0) is 32.0 Å². The van der Waals surface area contributed by atoms with E-state index in [9.17, 15) is 24.3 Å². The summed E-state index contributed by atoms with van der Waals surface area (Å²) in [5.74, 6) is -2.92. The third-order valence-electron chi connectivity index (χ3n) is 6.68. The van der Waals surface area contributed by atoms with Crippen LogP contribution < -0.4 is 27.4 Å². The van der Waals surface area contributed by atoms with Crippen molar-refractivity contribution in [2.45, 2.75) is 63.2 Å². The van der Waals surface area contributed by atoms with Gasteiger partial charge in [-0.2, -0.15) is 0 Å². The van der Waals surface area contributed by atoms with Crippen molar-refractivity contribution in [2.75, 3.05) is 6.54 Å². The average Bonchev–Trinajstić information content (AvgIpc) is 3.35. The second kappa shape index (κ2) is 14.8. The molecule has 3 rings (SSSR count). The van der Waals surface area contributed by atoms with Crippen LogP contribution in [0.4, 0.5) is 0 Å². The summed E-state index contributed by atoms with van der Waals surface area (Å²) < 4.78 is 0. The quantitative estimate of drug-likeness (QED) is 0.137. The number of aromatic nitrogens is 1. The molecule has 3 aromatic rings. The molecule has 0 spiro atoms. The lowest BCUT2D eigenvalue weighted by Crippen LogP contribution is -2.57. The molecular formula is C29H38N6O5. The summed E-state index contributed by atoms with van der Waals surface area (Å²) in [6.07, 6.45) is 3.65. The first-order chi connectivity index (χ1) is 19.2. The maximum Gasteiger partial charge on any atom is 0.325 e. The summed E-state index contributed by atoms with van der Waals surface area (Å²) >= 11 is 0. The molecule has 1 aromatic heterocycles. The van der Waals surface area contributed by atoms with Crippen LogP contribution in [0.15, 0.2) is 60.8 Å². The lowest BCUT2D eigenvalue weighted by atomic mass is 10.0. The number of aromatic amines is 1. The Labute approximate surface area is 233 Å². The predicted molar refractivity (Wildman–Crippen MR) is 152 cm³/mol. The molecule has 0 aliphatic heterocycles. The van der Waals surface area contributed by atoms with Crippen LogP contribution >= 0.6 is 0 Å². The molecule has 11 nitrogen and oxygen atoms in total. The van der Waals surface area contributed by atoms with Gasteiger partial charge in [0.1, 0.15) is 18.1 Å². The van der Waals surface area contributed by atoms with E-state index in [4.69, 9.17) is 11.5 Å². The van der Waals surface area contributed by atoms with Gasteiger partial charge in [0.2, 0.25) is 17.7 Å². The van der Waals surface area contributed by atoms with E-state index in [1.54, 1.807) is 6.20 Å². The number of nitrogens with two attached hydrogens (primary N) is 2. The maximum absolute atomic E-state index is 13.5. The topological polar surface area (TPSA) is 192 Å². The van der Waals surface area contributed by atoms with Gasteiger partial charge in [0.15, 0.2) is 0 Å². The maximum atomic E-state index is 13.5. The van der Waals surface area contributed by atoms with Gasteiger partial charge in [-0.25, -0.2) is 0 Å². The average molecular weight is 551 g/mol. The molecule has 0 saturated heterocycles. The fraction of sp³-hybridized carbons (Fsp3) is 0.379. The fourth-order valence-corrected chi connectivity index (χ4v) is 4.38. The van der Waals surface area contributed by atoms with Crippen molar-refractivity contribution in [3.63, 3.8) is 0 Å². The Morgan fingerprint density at radius 1 is 0.850 bits per heavy atom. The number of hydrogen-bond acceptors (Lipinski definition) is 6. The van der Waals surface area contributed by atoms with Crippen molar-refractivity contribution in [1.29, 1.82) is 0 Å². The van der Waals surface area contributed by atoms with Gasteiger partial charge in [0.25, 0.3) is 0 Å². The highest BCUT2D eigenvalue weighted by Gasteiger charge is 2.30. The van der Waals surface area contributed by atoms with Crippen molar-refractivity contribution in [2.24, 2.45) is 11.5 Å². The van der Waals surface area contributed by atoms with Crippen LogP contribution in [0.1, 0.15) is 37.3 Å². The number of amides is 3. The number of H-pyrrole nitrogens is 1. The number of carbonyl (C=O) groups is 4. The number of unbranched alkanes of at least 4 members (excludes halogenated alkanes) is 1. The molecule has 0 saturated carbocycles. The summed E-state index contributed by atoms with van der Waals surface area (Å²) in [4.78, 5) is 54.1. The van der Waals surface area contributed by atoms with Gasteiger partial charge in [-0.05, 0) is 56.3 Å². The predicted octanol–water partition coefficient (Wildman–Crippen LogP) is 0.968. The molecule has 11 heteroatoms. The largest absolute Gasteiger partial charge is 0.480 e. The highest BCUT2D eigenvalue weighted by molar-refractivity contribution is 5.94. The zero-order valence-corrected chi connectivity index (χ0v) is 22.6. The molecular weight excluding hydrogens is 512 g/mol. The third kappa shape index (κ3) is 8.65. The second-order valence-electron chi connectivity index (χ2n) is 9.84. The number of benzene rings is 2. The first kappa shape index (κ1) is 30.3. The molecule has 40 heavy (non-hydrogen) atoms. The highest BCUT2D eigenvalue weighted by atomic mass is 16.4. The van der Waals surface area contributed by atoms with Gasteiger partial charge in [0.05, 0.1) is 6.04 Å². The SMILES string of the molecule is CC(NC(=O)C(Cc1c[nH]c2ccccc12)NC(=O)C(CCCCN)NC(=O)C(N)Cc1ccccc1)C(=O)O. The fourth-order valence-electron chi connectivity index (χ4n) is 4.38. The molecule has 9 N–H and O–H groups in total. The molecule has 0 aliphatic rings. The number of carboxylic acid groups (broad SMARTS) is 1. The van der Waals surface area contributed by atoms with Crippen molar-refractivity contribution >= 4 is 34.6 Å². The molecule has 0 aliphatic carbocycles. The normalized spacial score (nSPS) is 14.1. The van der Waals surface area contributed by atoms with E-state index in [0.29, 0.717) is 32.2 Å². The van der Waals surface area contributed by atoms with Crippen LogP contribution in [-0.4, -0.2) is 64.5 Å². The van der Waals surface area contributed by atoms with E-state index in [-0.39, 0.29) is 6.42 Å². The lowest BCUT2D eigenvalue weighted by molar-refractivity contribution is -0.141. The molecule has 0 bridgehead atoms. The molecule has 0 radical (unpaired) electrons. The molecule has 214 valence electrons. The van der Waals surface area contributed by atoms with Crippen LogP contribution in [0.2, 0.25) is 0 Å². The van der Waals surface area contributed by atoms with Crippen LogP contribution in [0.3, 0.4) is 0 Å². The Hall–Kier alpha value is -4.22. The standard InChI is InChI=1S/C29H38N6O5/c1-18(29(39)40)33-28(38)25(16-20-17-32-23-12-6-5-11-21(20)23)35-27(37)24(13-7-8-14-30)34-26(36)22(31)15-19-9-3-2-4-10-19/h2-6,9-12,17-18,22,24-25,32H,7-8,13-16,30-31H2,1H3,(H,33,38)(H,34,36)(H,35,37)(H,39,40). The van der Waals surface area contributed by atoms with Crippen LogP contribution in [0, 0.1) is 0 Å². The van der Waals surface area contributed by atoms with E-state index >= 15 is 0 Å². The Balaban J connectivity index is 1.78. The van der Waals surface area contributed by atoms with Crippen molar-refractivity contribution in [1.82, 2.24) is 20.9 Å². The van der Waals surface area contributed by atoms with E-state index in [1.165, 1.54) is 6.92 Å². The summed E-state index contributed by atoms with van der Waals surface area (Å²) in [6, 6.07) is 12.7. The lowest BCUT2D eigenvalue weighted by Gasteiger charge is -2.25. The number of carbonyl (C=O) groups excluding carboxylic acids is 3. The summed E-state index contributed by atoms with van der Waals surface area (Å²) in [7, 11) is 0. The molecule has 2 aromatic carbocycles. The van der Waals surface area contributed by atoms with Crippen LogP contribution in [0.25, 0.3) is 10.9 Å². The van der Waals surface area contributed by atoms with Gasteiger partial charge in [0, 0.05) is 23.5 Å². The molecule has 4 unspecified atom stereocenters. The number of hydrogen-bond donors (Lipinski definition) is 7. The van der Waals surface area contributed by atoms with E-state index < -0.39 is 47.9 Å². The van der Waals surface area contributed by atoms with Crippen molar-refractivity contribution in [3.8, 4) is 0 Å². The number of nitrogens with one attached hydrogen (secondary N) is 4. The first-order valence-electron chi connectivity index (χ1n) is 13.4. The minimum Gasteiger partial charge on any atom is -0.480 e. The van der Waals surface area contributed by atoms with Crippen molar-refractivity contribution < 1.29 is 24.3 Å². The monoisotopic (exact) mass is 550 g/mol. The highest BCUT2D eigenvalue weighted by Crippen LogP contribution is 2.19. The smallest absolute Gasteiger partial charge is 0.325 e. The van der Waals surface area contributed by atoms with Gasteiger partial charge in [-0.15, -0.1) is 0 Å². The molecule has 3 amide bonds. The number of rotatable bonds is 15. The van der Waals surface area contributed by atoms with E-state index in [2.05, 4.69) is 20.9 Å². The van der Waals surface area contributed by atoms with E-state index in [1.807, 2.05) is 54.6 Å². The Bertz CT molecular complexity index is 1290. The third-order valence-corrected chi connectivity index (χ3v) is 6.68. The summed E-state index contributed by atoms with van der Waals surface area (Å²) in [6.45, 7) is 1.77. The van der Waals surface area contributed by atoms with Gasteiger partial charge >= 0.3 is 5.97 Å². The van der Waals surface area contributed by atoms with Gasteiger partial charge in [-0.1, -0.05) is 48.5 Å². The number of aliphatic carboxylic acids is 1. The molecule has 1 heterocycles. The minimum atomic E-state index is -1.20. The summed E-state index contributed by atoms with van der Waals surface area (Å²) in [5, 5.41) is 18.1. The Morgan fingerprint density at radius 3 is 2.20 bits per heavy atom.